The zero-order valence-corrected chi connectivity index (χ0v) is 15.4. The summed E-state index contributed by atoms with van der Waals surface area (Å²) in [5.41, 5.74) is 2.89. The number of carbonyl (C=O) groups excluding carboxylic acids is 1. The number of nitrogens with zero attached hydrogens (tertiary/aromatic N) is 2. The van der Waals surface area contributed by atoms with Crippen LogP contribution in [0.3, 0.4) is 0 Å². The molecule has 2 heterocycles. The second kappa shape index (κ2) is 7.45. The van der Waals surface area contributed by atoms with E-state index in [0.717, 1.165) is 42.8 Å². The maximum Gasteiger partial charge on any atom is 0.253 e. The summed E-state index contributed by atoms with van der Waals surface area (Å²) in [5, 5.41) is 1.18. The van der Waals surface area contributed by atoms with Crippen LogP contribution in [0.1, 0.15) is 50.3 Å². The largest absolute Gasteiger partial charge is 0.380 e. The van der Waals surface area contributed by atoms with Crippen molar-refractivity contribution in [1.82, 2.24) is 9.88 Å². The minimum Gasteiger partial charge on any atom is -0.380 e. The lowest BCUT2D eigenvalue weighted by Crippen LogP contribution is -2.39. The molecule has 4 nitrogen and oxygen atoms in total. The van der Waals surface area contributed by atoms with Gasteiger partial charge in [0.15, 0.2) is 0 Å². The van der Waals surface area contributed by atoms with Gasteiger partial charge in [-0.3, -0.25) is 4.79 Å². The van der Waals surface area contributed by atoms with Crippen LogP contribution in [0.2, 0.25) is 0 Å². The van der Waals surface area contributed by atoms with Gasteiger partial charge in [0.2, 0.25) is 0 Å². The van der Waals surface area contributed by atoms with Crippen molar-refractivity contribution in [3.63, 3.8) is 0 Å². The van der Waals surface area contributed by atoms with Gasteiger partial charge in [0.1, 0.15) is 0 Å². The van der Waals surface area contributed by atoms with Crippen molar-refractivity contribution in [3.8, 4) is 0 Å². The van der Waals surface area contributed by atoms with Crippen LogP contribution in [0.4, 0.5) is 0 Å². The number of hydrogen-bond donors (Lipinski definition) is 0. The quantitative estimate of drug-likeness (QED) is 0.844. The first-order valence-corrected chi connectivity index (χ1v) is 9.21. The van der Waals surface area contributed by atoms with Crippen LogP contribution < -0.4 is 0 Å². The molecule has 0 spiro atoms. The van der Waals surface area contributed by atoms with Gasteiger partial charge in [-0.1, -0.05) is 12.1 Å². The van der Waals surface area contributed by atoms with Gasteiger partial charge in [0, 0.05) is 36.6 Å². The van der Waals surface area contributed by atoms with Crippen LogP contribution in [-0.4, -0.2) is 36.0 Å². The summed E-state index contributed by atoms with van der Waals surface area (Å²) in [6, 6.07) is 7.74. The topological polar surface area (TPSA) is 42.4 Å². The summed E-state index contributed by atoms with van der Waals surface area (Å²) in [5.74, 6) is 0.477. The summed E-state index contributed by atoms with van der Waals surface area (Å²) in [6.07, 6.45) is 2.14. The third-order valence-corrected chi connectivity index (χ3v) is 5.82. The van der Waals surface area contributed by atoms with Crippen LogP contribution in [0.5, 0.6) is 0 Å². The van der Waals surface area contributed by atoms with E-state index in [9.17, 15) is 4.79 Å². The van der Waals surface area contributed by atoms with Crippen LogP contribution in [0.15, 0.2) is 24.3 Å². The molecule has 1 amide bonds. The van der Waals surface area contributed by atoms with E-state index in [1.54, 1.807) is 18.4 Å². The monoisotopic (exact) mass is 344 g/mol. The number of benzene rings is 1. The van der Waals surface area contributed by atoms with E-state index < -0.39 is 0 Å². The van der Waals surface area contributed by atoms with Gasteiger partial charge in [-0.15, -0.1) is 11.3 Å². The number of thiazole rings is 1. The summed E-state index contributed by atoms with van der Waals surface area (Å²) < 4.78 is 5.16. The van der Waals surface area contributed by atoms with Gasteiger partial charge in [0.05, 0.1) is 17.3 Å². The maximum atomic E-state index is 12.9. The SMILES string of the molecule is COCc1cccc(C(=O)N2CCC[C@H](c3nc(C)c(C)s3)C2)c1. The fourth-order valence-corrected chi connectivity index (χ4v) is 4.23. The fourth-order valence-electron chi connectivity index (χ4n) is 3.18. The average molecular weight is 344 g/mol. The Hall–Kier alpha value is -1.72. The van der Waals surface area contributed by atoms with Crippen LogP contribution in [0.25, 0.3) is 0 Å². The molecule has 128 valence electrons. The van der Waals surface area contributed by atoms with Crippen molar-refractivity contribution in [1.29, 1.82) is 0 Å². The molecule has 1 fully saturated rings. The highest BCUT2D eigenvalue weighted by molar-refractivity contribution is 7.11. The predicted molar refractivity (Wildman–Crippen MR) is 96.6 cm³/mol. The predicted octanol–water partition coefficient (Wildman–Crippen LogP) is 3.93. The number of aromatic nitrogens is 1. The van der Waals surface area contributed by atoms with Gasteiger partial charge in [-0.2, -0.15) is 0 Å². The van der Waals surface area contributed by atoms with Crippen molar-refractivity contribution in [2.24, 2.45) is 0 Å². The lowest BCUT2D eigenvalue weighted by molar-refractivity contribution is 0.0706. The second-order valence-electron chi connectivity index (χ2n) is 6.42. The number of carbonyl (C=O) groups is 1. The Kier molecular flexibility index (Phi) is 5.31. The Morgan fingerprint density at radius 1 is 1.42 bits per heavy atom. The number of amides is 1. The first kappa shape index (κ1) is 17.1. The van der Waals surface area contributed by atoms with Crippen molar-refractivity contribution in [2.75, 3.05) is 20.2 Å². The molecule has 1 aliphatic rings. The fraction of sp³-hybridized carbons (Fsp3) is 0.474. The Morgan fingerprint density at radius 2 is 2.25 bits per heavy atom. The molecule has 0 radical (unpaired) electrons. The van der Waals surface area contributed by atoms with Gasteiger partial charge < -0.3 is 9.64 Å². The van der Waals surface area contributed by atoms with E-state index in [1.165, 1.54) is 9.88 Å². The molecule has 1 aliphatic heterocycles. The Bertz CT molecular complexity index is 706. The first-order valence-electron chi connectivity index (χ1n) is 8.39. The molecule has 1 aromatic carbocycles. The minimum atomic E-state index is 0.114. The van der Waals surface area contributed by atoms with Crippen LogP contribution in [-0.2, 0) is 11.3 Å². The average Bonchev–Trinajstić information content (AvgIpc) is 2.94. The van der Waals surface area contributed by atoms with Gasteiger partial charge in [0.25, 0.3) is 5.91 Å². The van der Waals surface area contributed by atoms with E-state index in [2.05, 4.69) is 13.8 Å². The normalized spacial score (nSPS) is 18.0. The van der Waals surface area contributed by atoms with Crippen molar-refractivity contribution >= 4 is 17.2 Å². The van der Waals surface area contributed by atoms with Crippen LogP contribution in [0, 0.1) is 13.8 Å². The Labute approximate surface area is 147 Å². The number of rotatable bonds is 4. The molecule has 5 heteroatoms. The zero-order valence-electron chi connectivity index (χ0n) is 14.5. The van der Waals surface area contributed by atoms with E-state index in [0.29, 0.717) is 12.5 Å². The molecule has 0 bridgehead atoms. The molecule has 1 atom stereocenters. The third kappa shape index (κ3) is 3.68. The number of likely N-dealkylation sites (tertiary alicyclic amines) is 1. The highest BCUT2D eigenvalue weighted by Gasteiger charge is 2.27. The summed E-state index contributed by atoms with van der Waals surface area (Å²) in [6.45, 7) is 6.29. The lowest BCUT2D eigenvalue weighted by atomic mass is 9.97. The number of methoxy groups -OCH3 is 1. The van der Waals surface area contributed by atoms with Gasteiger partial charge in [-0.05, 0) is 44.4 Å². The molecule has 1 saturated heterocycles. The molecule has 0 N–H and O–H groups in total. The highest BCUT2D eigenvalue weighted by atomic mass is 32.1. The molecular weight excluding hydrogens is 320 g/mol. The molecule has 24 heavy (non-hydrogen) atoms. The van der Waals surface area contributed by atoms with E-state index >= 15 is 0 Å². The van der Waals surface area contributed by atoms with E-state index in [-0.39, 0.29) is 5.91 Å². The van der Waals surface area contributed by atoms with Gasteiger partial charge >= 0.3 is 0 Å². The smallest absolute Gasteiger partial charge is 0.253 e. The molecule has 3 rings (SSSR count). The molecule has 0 aliphatic carbocycles. The second-order valence-corrected chi connectivity index (χ2v) is 7.65. The maximum absolute atomic E-state index is 12.9. The first-order chi connectivity index (χ1) is 11.6. The van der Waals surface area contributed by atoms with Crippen molar-refractivity contribution in [2.45, 2.75) is 39.2 Å². The van der Waals surface area contributed by atoms with Crippen molar-refractivity contribution in [3.05, 3.63) is 51.0 Å². The zero-order chi connectivity index (χ0) is 17.1. The summed E-state index contributed by atoms with van der Waals surface area (Å²) in [7, 11) is 1.67. The summed E-state index contributed by atoms with van der Waals surface area (Å²) >= 11 is 1.77. The van der Waals surface area contributed by atoms with Gasteiger partial charge in [-0.25, -0.2) is 4.98 Å². The summed E-state index contributed by atoms with van der Waals surface area (Å²) in [4.78, 5) is 20.8. The lowest BCUT2D eigenvalue weighted by Gasteiger charge is -2.32. The highest BCUT2D eigenvalue weighted by Crippen LogP contribution is 2.31. The molecular formula is C19H24N2O2S. The number of ether oxygens (including phenoxy) is 1. The standard InChI is InChI=1S/C19H24N2O2S/c1-13-14(2)24-18(20-13)17-8-5-9-21(11-17)19(22)16-7-4-6-15(10-16)12-23-3/h4,6-7,10,17H,5,8-9,11-12H2,1-3H3/t17-/m0/s1. The van der Waals surface area contributed by atoms with Crippen LogP contribution >= 0.6 is 11.3 Å². The Morgan fingerprint density at radius 3 is 2.96 bits per heavy atom. The third-order valence-electron chi connectivity index (χ3n) is 4.59. The van der Waals surface area contributed by atoms with Crippen molar-refractivity contribution < 1.29 is 9.53 Å². The van der Waals surface area contributed by atoms with E-state index in [1.807, 2.05) is 29.2 Å². The minimum absolute atomic E-state index is 0.114. The number of aryl methyl sites for hydroxylation is 2. The molecule has 1 aromatic heterocycles. The number of piperidine rings is 1. The molecule has 0 saturated carbocycles. The molecule has 2 aromatic rings. The number of hydrogen-bond acceptors (Lipinski definition) is 4. The molecule has 0 unspecified atom stereocenters. The van der Waals surface area contributed by atoms with E-state index in [4.69, 9.17) is 9.72 Å². The Balaban J connectivity index is 1.74.